The van der Waals surface area contributed by atoms with Crippen LogP contribution in [0.15, 0.2) is 27.4 Å². The van der Waals surface area contributed by atoms with Crippen LogP contribution in [0.2, 0.25) is 5.02 Å². The lowest BCUT2D eigenvalue weighted by Crippen LogP contribution is -2.35. The van der Waals surface area contributed by atoms with Crippen LogP contribution in [0.5, 0.6) is 0 Å². The van der Waals surface area contributed by atoms with Crippen molar-refractivity contribution in [1.29, 1.82) is 0 Å². The monoisotopic (exact) mass is 327 g/mol. The Kier molecular flexibility index (Phi) is 5.07. The van der Waals surface area contributed by atoms with Crippen LogP contribution >= 0.6 is 34.7 Å². The highest BCUT2D eigenvalue weighted by molar-refractivity contribution is 8.01. The molecule has 0 bridgehead atoms. The van der Waals surface area contributed by atoms with Gasteiger partial charge in [-0.2, -0.15) is 0 Å². The quantitative estimate of drug-likeness (QED) is 0.894. The van der Waals surface area contributed by atoms with E-state index in [9.17, 15) is 0 Å². The molecule has 0 radical (unpaired) electrons. The smallest absolute Gasteiger partial charge is 0.179 e. The van der Waals surface area contributed by atoms with Crippen LogP contribution in [0.3, 0.4) is 0 Å². The van der Waals surface area contributed by atoms with E-state index in [-0.39, 0.29) is 5.54 Å². The number of hydrogen-bond donors (Lipinski definition) is 1. The van der Waals surface area contributed by atoms with E-state index in [0.29, 0.717) is 0 Å². The summed E-state index contributed by atoms with van der Waals surface area (Å²) in [5.41, 5.74) is 1.26. The highest BCUT2D eigenvalue weighted by Crippen LogP contribution is 2.33. The lowest BCUT2D eigenvalue weighted by atomic mass is 10.1. The van der Waals surface area contributed by atoms with Crippen molar-refractivity contribution in [1.82, 2.24) is 15.5 Å². The Balaban J connectivity index is 2.19. The first-order chi connectivity index (χ1) is 9.33. The second kappa shape index (κ2) is 6.43. The van der Waals surface area contributed by atoms with E-state index in [0.717, 1.165) is 20.9 Å². The summed E-state index contributed by atoms with van der Waals surface area (Å²) in [6, 6.07) is 5.97. The van der Waals surface area contributed by atoms with E-state index < -0.39 is 0 Å². The molecule has 1 aromatic carbocycles. The second-order valence-corrected chi connectivity index (χ2v) is 8.45. The fourth-order valence-corrected chi connectivity index (χ4v) is 3.64. The van der Waals surface area contributed by atoms with Gasteiger partial charge in [-0.05, 0) is 51.5 Å². The SMILES string of the molecule is Cc1nnc(Sc2ccc(Cl)cc2CNC(C)(C)C)s1. The van der Waals surface area contributed by atoms with Crippen LogP contribution in [-0.2, 0) is 6.54 Å². The third-order valence-electron chi connectivity index (χ3n) is 2.54. The molecule has 1 heterocycles. The highest BCUT2D eigenvalue weighted by atomic mass is 35.5. The summed E-state index contributed by atoms with van der Waals surface area (Å²) in [7, 11) is 0. The summed E-state index contributed by atoms with van der Waals surface area (Å²) in [4.78, 5) is 1.17. The van der Waals surface area contributed by atoms with Crippen molar-refractivity contribution in [3.05, 3.63) is 33.8 Å². The molecule has 0 spiro atoms. The molecule has 3 nitrogen and oxygen atoms in total. The average Bonchev–Trinajstić information content (AvgIpc) is 2.74. The molecule has 2 rings (SSSR count). The molecule has 0 aliphatic heterocycles. The molecule has 6 heteroatoms. The van der Waals surface area contributed by atoms with Crippen LogP contribution in [0.4, 0.5) is 0 Å². The summed E-state index contributed by atoms with van der Waals surface area (Å²) < 4.78 is 0.960. The van der Waals surface area contributed by atoms with E-state index in [1.54, 1.807) is 23.1 Å². The molecule has 0 aliphatic rings. The normalized spacial score (nSPS) is 11.8. The number of hydrogen-bond acceptors (Lipinski definition) is 5. The van der Waals surface area contributed by atoms with Crippen LogP contribution in [-0.4, -0.2) is 15.7 Å². The topological polar surface area (TPSA) is 37.8 Å². The zero-order valence-electron chi connectivity index (χ0n) is 12.0. The van der Waals surface area contributed by atoms with Crippen molar-refractivity contribution >= 4 is 34.7 Å². The Labute approximate surface area is 133 Å². The number of aromatic nitrogens is 2. The van der Waals surface area contributed by atoms with Gasteiger partial charge in [0.05, 0.1) is 0 Å². The molecule has 0 aliphatic carbocycles. The minimum Gasteiger partial charge on any atom is -0.308 e. The van der Waals surface area contributed by atoms with Gasteiger partial charge in [-0.3, -0.25) is 0 Å². The molecular formula is C14H18ClN3S2. The summed E-state index contributed by atoms with van der Waals surface area (Å²) in [6.45, 7) is 9.20. The number of nitrogens with zero attached hydrogens (tertiary/aromatic N) is 2. The molecule has 0 atom stereocenters. The van der Waals surface area contributed by atoms with Crippen molar-refractivity contribution in [3.8, 4) is 0 Å². The van der Waals surface area contributed by atoms with Crippen LogP contribution in [0, 0.1) is 6.92 Å². The van der Waals surface area contributed by atoms with Gasteiger partial charge < -0.3 is 5.32 Å². The molecule has 0 fully saturated rings. The van der Waals surface area contributed by atoms with E-state index in [1.807, 2.05) is 25.1 Å². The fraction of sp³-hybridized carbons (Fsp3) is 0.429. The van der Waals surface area contributed by atoms with Crippen molar-refractivity contribution < 1.29 is 0 Å². The third-order valence-corrected chi connectivity index (χ3v) is 4.78. The maximum absolute atomic E-state index is 6.11. The number of nitrogens with one attached hydrogen (secondary N) is 1. The summed E-state index contributed by atoms with van der Waals surface area (Å²) in [5.74, 6) is 0. The first kappa shape index (κ1) is 15.8. The molecule has 108 valence electrons. The number of aryl methyl sites for hydroxylation is 1. The van der Waals surface area contributed by atoms with Crippen molar-refractivity contribution in [2.75, 3.05) is 0 Å². The van der Waals surface area contributed by atoms with E-state index in [4.69, 9.17) is 11.6 Å². The molecule has 0 amide bonds. The van der Waals surface area contributed by atoms with Gasteiger partial charge in [-0.25, -0.2) is 0 Å². The van der Waals surface area contributed by atoms with Crippen LogP contribution in [0.1, 0.15) is 31.3 Å². The van der Waals surface area contributed by atoms with Crippen molar-refractivity contribution in [3.63, 3.8) is 0 Å². The van der Waals surface area contributed by atoms with Gasteiger partial charge >= 0.3 is 0 Å². The number of halogens is 1. The Hall–Kier alpha value is -0.620. The van der Waals surface area contributed by atoms with Crippen molar-refractivity contribution in [2.45, 2.75) is 49.0 Å². The highest BCUT2D eigenvalue weighted by Gasteiger charge is 2.13. The van der Waals surface area contributed by atoms with E-state index in [2.05, 4.69) is 36.3 Å². The molecule has 0 saturated carbocycles. The Morgan fingerprint density at radius 1 is 1.30 bits per heavy atom. The predicted molar refractivity (Wildman–Crippen MR) is 86.8 cm³/mol. The molecular weight excluding hydrogens is 310 g/mol. The Morgan fingerprint density at radius 3 is 2.65 bits per heavy atom. The third kappa shape index (κ3) is 4.74. The summed E-state index contributed by atoms with van der Waals surface area (Å²) >= 11 is 9.36. The van der Waals surface area contributed by atoms with Gasteiger partial charge in [0.25, 0.3) is 0 Å². The maximum Gasteiger partial charge on any atom is 0.179 e. The van der Waals surface area contributed by atoms with Gasteiger partial charge in [0.15, 0.2) is 4.34 Å². The molecule has 1 N–H and O–H groups in total. The van der Waals surface area contributed by atoms with Gasteiger partial charge in [-0.15, -0.1) is 10.2 Å². The number of rotatable bonds is 4. The van der Waals surface area contributed by atoms with E-state index >= 15 is 0 Å². The van der Waals surface area contributed by atoms with Gasteiger partial charge in [0.2, 0.25) is 0 Å². The number of benzene rings is 1. The second-order valence-electron chi connectivity index (χ2n) is 5.54. The van der Waals surface area contributed by atoms with Gasteiger partial charge in [0, 0.05) is 22.0 Å². The minimum atomic E-state index is 0.0730. The molecule has 20 heavy (non-hydrogen) atoms. The first-order valence-electron chi connectivity index (χ1n) is 6.35. The maximum atomic E-state index is 6.11. The molecule has 0 unspecified atom stereocenters. The summed E-state index contributed by atoms with van der Waals surface area (Å²) in [5, 5.41) is 13.4. The zero-order valence-corrected chi connectivity index (χ0v) is 14.4. The van der Waals surface area contributed by atoms with Crippen LogP contribution in [0.25, 0.3) is 0 Å². The van der Waals surface area contributed by atoms with Gasteiger partial charge in [0.1, 0.15) is 5.01 Å². The lowest BCUT2D eigenvalue weighted by molar-refractivity contribution is 0.422. The first-order valence-corrected chi connectivity index (χ1v) is 8.36. The fourth-order valence-electron chi connectivity index (χ4n) is 1.56. The van der Waals surface area contributed by atoms with E-state index in [1.165, 1.54) is 10.5 Å². The molecule has 2 aromatic rings. The standard InChI is InChI=1S/C14H18ClN3S2/c1-9-17-18-13(19-9)20-12-6-5-11(15)7-10(12)8-16-14(2,3)4/h5-7,16H,8H2,1-4H3. The lowest BCUT2D eigenvalue weighted by Gasteiger charge is -2.21. The van der Waals surface area contributed by atoms with Crippen LogP contribution < -0.4 is 5.32 Å². The predicted octanol–water partition coefficient (Wildman–Crippen LogP) is 4.54. The molecule has 1 aromatic heterocycles. The minimum absolute atomic E-state index is 0.0730. The molecule has 0 saturated heterocycles. The average molecular weight is 328 g/mol. The Morgan fingerprint density at radius 2 is 2.05 bits per heavy atom. The zero-order chi connectivity index (χ0) is 14.8. The Bertz CT molecular complexity index is 590. The van der Waals surface area contributed by atoms with Crippen molar-refractivity contribution in [2.24, 2.45) is 0 Å². The summed E-state index contributed by atoms with van der Waals surface area (Å²) in [6.07, 6.45) is 0. The van der Waals surface area contributed by atoms with Gasteiger partial charge in [-0.1, -0.05) is 34.7 Å². The largest absolute Gasteiger partial charge is 0.308 e.